The van der Waals surface area contributed by atoms with E-state index in [1.165, 1.54) is 11.1 Å². The highest BCUT2D eigenvalue weighted by atomic mass is 35.5. The molecule has 1 saturated heterocycles. The van der Waals surface area contributed by atoms with Crippen molar-refractivity contribution in [2.45, 2.75) is 70.4 Å². The summed E-state index contributed by atoms with van der Waals surface area (Å²) in [7, 11) is 0. The van der Waals surface area contributed by atoms with Gasteiger partial charge in [-0.05, 0) is 105 Å². The molecule has 0 spiro atoms. The maximum absolute atomic E-state index is 11.0. The number of ether oxygens (including phenoxy) is 2. The molecular formula is C35H38ClNO3. The van der Waals surface area contributed by atoms with Crippen LogP contribution < -0.4 is 0 Å². The van der Waals surface area contributed by atoms with Gasteiger partial charge in [0.1, 0.15) is 0 Å². The lowest BCUT2D eigenvalue weighted by Crippen LogP contribution is -2.33. The van der Waals surface area contributed by atoms with Crippen molar-refractivity contribution in [1.82, 2.24) is 4.98 Å². The Morgan fingerprint density at radius 3 is 2.73 bits per heavy atom. The van der Waals surface area contributed by atoms with E-state index in [9.17, 15) is 5.11 Å². The quantitative estimate of drug-likeness (QED) is 0.212. The number of halogens is 1. The van der Waals surface area contributed by atoms with E-state index in [0.29, 0.717) is 11.4 Å². The van der Waals surface area contributed by atoms with Crippen molar-refractivity contribution < 1.29 is 14.6 Å². The molecule has 2 atom stereocenters. The number of hydrogen-bond donors (Lipinski definition) is 1. The third-order valence-corrected chi connectivity index (χ3v) is 7.81. The molecule has 1 fully saturated rings. The Bertz CT molecular complexity index is 1460. The van der Waals surface area contributed by atoms with Gasteiger partial charge >= 0.3 is 0 Å². The summed E-state index contributed by atoms with van der Waals surface area (Å²) in [5.41, 5.74) is 5.69. The Balaban J connectivity index is 1.20. The van der Waals surface area contributed by atoms with E-state index in [4.69, 9.17) is 26.1 Å². The van der Waals surface area contributed by atoms with Gasteiger partial charge in [0.15, 0.2) is 6.29 Å². The third kappa shape index (κ3) is 7.38. The first-order valence-electron chi connectivity index (χ1n) is 14.3. The van der Waals surface area contributed by atoms with Gasteiger partial charge in [-0.25, -0.2) is 4.98 Å². The van der Waals surface area contributed by atoms with Gasteiger partial charge < -0.3 is 14.6 Å². The van der Waals surface area contributed by atoms with Crippen LogP contribution in [0.2, 0.25) is 5.02 Å². The molecule has 1 aliphatic heterocycles. The van der Waals surface area contributed by atoms with Crippen LogP contribution >= 0.6 is 11.6 Å². The van der Waals surface area contributed by atoms with Crippen molar-refractivity contribution >= 4 is 34.7 Å². The molecule has 4 aromatic rings. The fraction of sp³-hybridized carbons (Fsp3) is 0.343. The predicted molar refractivity (Wildman–Crippen MR) is 164 cm³/mol. The number of nitrogens with zero attached hydrogens (tertiary/aromatic N) is 1. The highest BCUT2D eigenvalue weighted by Crippen LogP contribution is 2.33. The van der Waals surface area contributed by atoms with Gasteiger partial charge in [-0.3, -0.25) is 0 Å². The van der Waals surface area contributed by atoms with Crippen molar-refractivity contribution in [3.8, 4) is 0 Å². The zero-order chi connectivity index (χ0) is 28.0. The Hall–Kier alpha value is -3.02. The third-order valence-electron chi connectivity index (χ3n) is 7.57. The van der Waals surface area contributed by atoms with Crippen LogP contribution in [-0.4, -0.2) is 23.0 Å². The maximum Gasteiger partial charge on any atom is 0.158 e. The van der Waals surface area contributed by atoms with Crippen molar-refractivity contribution in [2.75, 3.05) is 6.61 Å². The molecule has 5 rings (SSSR count). The Morgan fingerprint density at radius 1 is 1.02 bits per heavy atom. The first kappa shape index (κ1) is 28.5. The summed E-state index contributed by atoms with van der Waals surface area (Å²) in [5.74, 6) is 0. The van der Waals surface area contributed by atoms with Gasteiger partial charge in [-0.1, -0.05) is 72.3 Å². The fourth-order valence-electron chi connectivity index (χ4n) is 5.42. The molecule has 2 unspecified atom stereocenters. The van der Waals surface area contributed by atoms with Gasteiger partial charge in [-0.2, -0.15) is 0 Å². The van der Waals surface area contributed by atoms with E-state index in [1.807, 2.05) is 66.7 Å². The minimum Gasteiger partial charge on any atom is -0.388 e. The van der Waals surface area contributed by atoms with Crippen LogP contribution in [0.4, 0.5) is 0 Å². The van der Waals surface area contributed by atoms with Gasteiger partial charge in [0.2, 0.25) is 0 Å². The number of aliphatic hydroxyl groups excluding tert-OH is 1. The summed E-state index contributed by atoms with van der Waals surface area (Å²) in [6, 6.07) is 26.3. The van der Waals surface area contributed by atoms with E-state index in [-0.39, 0.29) is 6.29 Å². The van der Waals surface area contributed by atoms with Crippen LogP contribution in [0.15, 0.2) is 78.9 Å². The standard InChI is InChI=1S/C35H38ClNO3/c1-35(2,40-34-15-5-6-22-39-34)31-13-4-3-10-26(31)11-8-14-33(38)28-12-7-9-25(23-28)16-20-30-21-18-27-17-19-29(36)24-32(27)37-30/h3-4,7,9-10,12-13,16-21,23-24,33-34,38H,5-6,8,11,14-15,22H2,1-2H3. The summed E-state index contributed by atoms with van der Waals surface area (Å²) >= 11 is 6.13. The maximum atomic E-state index is 11.0. The van der Waals surface area contributed by atoms with Crippen LogP contribution in [0, 0.1) is 0 Å². The van der Waals surface area contributed by atoms with Crippen LogP contribution in [0.1, 0.15) is 80.0 Å². The minimum atomic E-state index is -0.527. The van der Waals surface area contributed by atoms with Gasteiger partial charge in [0.05, 0.1) is 22.9 Å². The first-order chi connectivity index (χ1) is 19.4. The number of rotatable bonds is 10. The van der Waals surface area contributed by atoms with Crippen LogP contribution in [-0.2, 0) is 21.5 Å². The largest absolute Gasteiger partial charge is 0.388 e. The number of aryl methyl sites for hydroxylation is 1. The molecule has 0 amide bonds. The van der Waals surface area contributed by atoms with E-state index < -0.39 is 11.7 Å². The minimum absolute atomic E-state index is 0.143. The summed E-state index contributed by atoms with van der Waals surface area (Å²) < 4.78 is 12.2. The molecule has 2 heterocycles. The monoisotopic (exact) mass is 555 g/mol. The summed E-state index contributed by atoms with van der Waals surface area (Å²) in [4.78, 5) is 4.70. The molecule has 0 aliphatic carbocycles. The molecule has 3 aromatic carbocycles. The molecule has 5 heteroatoms. The Kier molecular flexibility index (Phi) is 9.33. The fourth-order valence-corrected chi connectivity index (χ4v) is 5.59. The SMILES string of the molecule is CC(C)(OC1CCCCO1)c1ccccc1CCCC(O)c1cccc(C=Cc2ccc3ccc(Cl)cc3n2)c1. The lowest BCUT2D eigenvalue weighted by atomic mass is 9.89. The summed E-state index contributed by atoms with van der Waals surface area (Å²) in [5, 5.41) is 12.7. The number of fused-ring (bicyclic) bond motifs is 1. The molecule has 208 valence electrons. The number of hydrogen-bond acceptors (Lipinski definition) is 4. The highest BCUT2D eigenvalue weighted by molar-refractivity contribution is 6.31. The molecule has 1 aromatic heterocycles. The Morgan fingerprint density at radius 2 is 1.88 bits per heavy atom. The molecule has 1 N–H and O–H groups in total. The van der Waals surface area contributed by atoms with Crippen LogP contribution in [0.5, 0.6) is 0 Å². The van der Waals surface area contributed by atoms with E-state index in [2.05, 4.69) is 38.1 Å². The normalized spacial score (nSPS) is 16.9. The lowest BCUT2D eigenvalue weighted by Gasteiger charge is -2.34. The zero-order valence-electron chi connectivity index (χ0n) is 23.4. The topological polar surface area (TPSA) is 51.6 Å². The summed E-state index contributed by atoms with van der Waals surface area (Å²) in [6.45, 7) is 5.02. The van der Waals surface area contributed by atoms with Crippen molar-refractivity contribution in [1.29, 1.82) is 0 Å². The molecule has 4 nitrogen and oxygen atoms in total. The van der Waals surface area contributed by atoms with Gasteiger partial charge in [0.25, 0.3) is 0 Å². The van der Waals surface area contributed by atoms with Gasteiger partial charge in [-0.15, -0.1) is 0 Å². The highest BCUT2D eigenvalue weighted by Gasteiger charge is 2.29. The van der Waals surface area contributed by atoms with Crippen LogP contribution in [0.3, 0.4) is 0 Å². The van der Waals surface area contributed by atoms with E-state index >= 15 is 0 Å². The summed E-state index contributed by atoms with van der Waals surface area (Å²) in [6.07, 6.45) is 8.98. The zero-order valence-corrected chi connectivity index (χ0v) is 24.1. The van der Waals surface area contributed by atoms with Crippen molar-refractivity contribution in [2.24, 2.45) is 0 Å². The average molecular weight is 556 g/mol. The second-order valence-electron chi connectivity index (χ2n) is 11.1. The smallest absolute Gasteiger partial charge is 0.158 e. The molecule has 0 radical (unpaired) electrons. The molecule has 1 aliphatic rings. The van der Waals surface area contributed by atoms with Crippen LogP contribution in [0.25, 0.3) is 23.1 Å². The average Bonchev–Trinajstić information content (AvgIpc) is 2.96. The predicted octanol–water partition coefficient (Wildman–Crippen LogP) is 8.89. The number of pyridine rings is 1. The lowest BCUT2D eigenvalue weighted by molar-refractivity contribution is -0.219. The Labute approximate surface area is 242 Å². The molecular weight excluding hydrogens is 518 g/mol. The molecule has 0 bridgehead atoms. The van der Waals surface area contributed by atoms with Crippen molar-refractivity contribution in [3.05, 3.63) is 112 Å². The second-order valence-corrected chi connectivity index (χ2v) is 11.5. The number of benzene rings is 3. The molecule has 40 heavy (non-hydrogen) atoms. The number of aliphatic hydroxyl groups is 1. The molecule has 0 saturated carbocycles. The second kappa shape index (κ2) is 13.1. The first-order valence-corrected chi connectivity index (χ1v) is 14.7. The van der Waals surface area contributed by atoms with E-state index in [0.717, 1.165) is 66.4 Å². The van der Waals surface area contributed by atoms with E-state index in [1.54, 1.807) is 0 Å². The van der Waals surface area contributed by atoms with Gasteiger partial charge in [0, 0.05) is 17.0 Å². The van der Waals surface area contributed by atoms with Crippen molar-refractivity contribution in [3.63, 3.8) is 0 Å². The number of aromatic nitrogens is 1.